The summed E-state index contributed by atoms with van der Waals surface area (Å²) >= 11 is 6.06. The topological polar surface area (TPSA) is 48.1 Å². The summed E-state index contributed by atoms with van der Waals surface area (Å²) in [5.41, 5.74) is -0.734. The molecule has 15 heavy (non-hydrogen) atoms. The average molecular weight is 235 g/mol. The summed E-state index contributed by atoms with van der Waals surface area (Å²) in [4.78, 5) is 11.4. The molecule has 2 fully saturated rings. The van der Waals surface area contributed by atoms with E-state index in [9.17, 15) is 4.79 Å². The Kier molecular flexibility index (Phi) is 2.69. The van der Waals surface area contributed by atoms with Gasteiger partial charge in [0.05, 0.1) is 13.2 Å². The van der Waals surface area contributed by atoms with E-state index in [1.54, 1.807) is 6.92 Å². The van der Waals surface area contributed by atoms with Gasteiger partial charge in [0, 0.05) is 6.61 Å². The first-order valence-electron chi connectivity index (χ1n) is 5.14. The number of carbonyl (C=O) groups is 1. The Balaban J connectivity index is 2.07. The molecule has 2 saturated heterocycles. The lowest BCUT2D eigenvalue weighted by Crippen LogP contribution is -2.40. The second-order valence-corrected chi connectivity index (χ2v) is 4.68. The fraction of sp³-hybridized carbons (Fsp3) is 0.900. The molecule has 0 aliphatic carbocycles. The monoisotopic (exact) mass is 234 g/mol. The predicted molar refractivity (Wildman–Crippen MR) is 53.7 cm³/mol. The zero-order valence-corrected chi connectivity index (χ0v) is 9.67. The normalized spacial score (nSPS) is 44.9. The Morgan fingerprint density at radius 2 is 2.27 bits per heavy atom. The van der Waals surface area contributed by atoms with Gasteiger partial charge in [-0.25, -0.2) is 4.79 Å². The molecule has 3 unspecified atom stereocenters. The summed E-state index contributed by atoms with van der Waals surface area (Å²) in [5, 5.41) is -1.34. The van der Waals surface area contributed by atoms with Gasteiger partial charge in [0.2, 0.25) is 0 Å². The maximum atomic E-state index is 11.4. The highest BCUT2D eigenvalue weighted by atomic mass is 35.5. The van der Waals surface area contributed by atoms with E-state index in [1.807, 2.05) is 0 Å². The van der Waals surface area contributed by atoms with E-state index >= 15 is 0 Å². The Hall–Kier alpha value is -0.320. The van der Waals surface area contributed by atoms with E-state index in [2.05, 4.69) is 4.74 Å². The fourth-order valence-corrected chi connectivity index (χ4v) is 2.45. The van der Waals surface area contributed by atoms with Crippen LogP contribution in [0.15, 0.2) is 0 Å². The van der Waals surface area contributed by atoms with Crippen LogP contribution in [0.3, 0.4) is 0 Å². The number of hydrogen-bond donors (Lipinski definition) is 0. The average Bonchev–Trinajstić information content (AvgIpc) is 2.85. The number of methoxy groups -OCH3 is 1. The molecule has 0 aromatic rings. The van der Waals surface area contributed by atoms with Crippen molar-refractivity contribution < 1.29 is 19.0 Å². The van der Waals surface area contributed by atoms with E-state index in [0.29, 0.717) is 6.61 Å². The van der Waals surface area contributed by atoms with Crippen molar-refractivity contribution in [2.24, 2.45) is 0 Å². The van der Waals surface area contributed by atoms with Gasteiger partial charge < -0.3 is 14.2 Å². The lowest BCUT2D eigenvalue weighted by molar-refractivity contribution is -0.143. The summed E-state index contributed by atoms with van der Waals surface area (Å²) in [6, 6.07) is 0. The van der Waals surface area contributed by atoms with Crippen LogP contribution in [0.5, 0.6) is 0 Å². The van der Waals surface area contributed by atoms with Crippen molar-refractivity contribution in [1.29, 1.82) is 0 Å². The van der Waals surface area contributed by atoms with Crippen LogP contribution in [0.25, 0.3) is 0 Å². The van der Waals surface area contributed by atoms with Gasteiger partial charge in [-0.3, -0.25) is 0 Å². The van der Waals surface area contributed by atoms with Crippen LogP contribution in [0.4, 0.5) is 0 Å². The molecule has 3 atom stereocenters. The Morgan fingerprint density at radius 3 is 2.80 bits per heavy atom. The number of epoxide rings is 1. The molecular weight excluding hydrogens is 220 g/mol. The van der Waals surface area contributed by atoms with Gasteiger partial charge in [0.25, 0.3) is 5.06 Å². The number of hydrogen-bond acceptors (Lipinski definition) is 4. The molecule has 0 radical (unpaired) electrons. The van der Waals surface area contributed by atoms with Gasteiger partial charge in [-0.1, -0.05) is 11.6 Å². The minimum absolute atomic E-state index is 0.108. The van der Waals surface area contributed by atoms with Gasteiger partial charge in [0.15, 0.2) is 0 Å². The van der Waals surface area contributed by atoms with Crippen molar-refractivity contribution >= 4 is 17.6 Å². The molecule has 0 bridgehead atoms. The third kappa shape index (κ3) is 1.55. The summed E-state index contributed by atoms with van der Waals surface area (Å²) in [6.45, 7) is 2.50. The standard InChI is InChI=1S/C10H15ClO4/c1-9(7-5-3-4-6-14-7)10(11,15-9)8(12)13-2/h7H,3-6H2,1-2H3. The fourth-order valence-electron chi connectivity index (χ4n) is 2.09. The smallest absolute Gasteiger partial charge is 0.357 e. The van der Waals surface area contributed by atoms with E-state index in [4.69, 9.17) is 21.1 Å². The van der Waals surface area contributed by atoms with Crippen LogP contribution in [0.2, 0.25) is 0 Å². The van der Waals surface area contributed by atoms with Crippen LogP contribution >= 0.6 is 11.6 Å². The van der Waals surface area contributed by atoms with Gasteiger partial charge in [-0.05, 0) is 26.2 Å². The summed E-state index contributed by atoms with van der Waals surface area (Å²) in [6.07, 6.45) is 2.91. The van der Waals surface area contributed by atoms with Crippen LogP contribution in [0, 0.1) is 0 Å². The Bertz CT molecular complexity index is 277. The second-order valence-electron chi connectivity index (χ2n) is 4.15. The number of esters is 1. The van der Waals surface area contributed by atoms with Crippen molar-refractivity contribution in [2.45, 2.75) is 43.0 Å². The summed E-state index contributed by atoms with van der Waals surface area (Å²) in [5.74, 6) is -0.541. The van der Waals surface area contributed by atoms with Crippen LogP contribution in [-0.4, -0.2) is 36.5 Å². The molecule has 2 aliphatic heterocycles. The first-order chi connectivity index (χ1) is 7.04. The maximum absolute atomic E-state index is 11.4. The summed E-state index contributed by atoms with van der Waals surface area (Å²) < 4.78 is 15.5. The first-order valence-corrected chi connectivity index (χ1v) is 5.51. The molecule has 0 spiro atoms. The molecular formula is C10H15ClO4. The van der Waals surface area contributed by atoms with Crippen molar-refractivity contribution in [1.82, 2.24) is 0 Å². The number of alkyl halides is 1. The van der Waals surface area contributed by atoms with Gasteiger partial charge in [-0.2, -0.15) is 0 Å². The van der Waals surface area contributed by atoms with Gasteiger partial charge in [-0.15, -0.1) is 0 Å². The third-order valence-corrected chi connectivity index (χ3v) is 3.80. The third-order valence-electron chi connectivity index (χ3n) is 3.19. The highest BCUT2D eigenvalue weighted by molar-refractivity contribution is 6.36. The first kappa shape index (κ1) is 11.2. The quantitative estimate of drug-likeness (QED) is 0.412. The van der Waals surface area contributed by atoms with Crippen molar-refractivity contribution in [3.63, 3.8) is 0 Å². The minimum Gasteiger partial charge on any atom is -0.466 e. The number of ether oxygens (including phenoxy) is 3. The van der Waals surface area contributed by atoms with E-state index in [1.165, 1.54) is 7.11 Å². The maximum Gasteiger partial charge on any atom is 0.357 e. The SMILES string of the molecule is COC(=O)C1(Cl)OC1(C)C1CCCCO1. The minimum atomic E-state index is -1.34. The molecule has 86 valence electrons. The molecule has 0 aromatic heterocycles. The van der Waals surface area contributed by atoms with E-state index in [0.717, 1.165) is 19.3 Å². The van der Waals surface area contributed by atoms with Crippen LogP contribution in [-0.2, 0) is 19.0 Å². The van der Waals surface area contributed by atoms with Crippen molar-refractivity contribution in [2.75, 3.05) is 13.7 Å². The molecule has 2 rings (SSSR count). The van der Waals surface area contributed by atoms with Gasteiger partial charge >= 0.3 is 5.97 Å². The zero-order chi connectivity index (χ0) is 11.1. The molecule has 2 heterocycles. The number of rotatable bonds is 2. The van der Waals surface area contributed by atoms with Crippen LogP contribution in [0.1, 0.15) is 26.2 Å². The highest BCUT2D eigenvalue weighted by Crippen LogP contribution is 2.56. The lowest BCUT2D eigenvalue weighted by atomic mass is 9.94. The zero-order valence-electron chi connectivity index (χ0n) is 8.92. The molecule has 0 saturated carbocycles. The Labute approximate surface area is 93.8 Å². The largest absolute Gasteiger partial charge is 0.466 e. The molecule has 0 N–H and O–H groups in total. The number of carbonyl (C=O) groups excluding carboxylic acids is 1. The van der Waals surface area contributed by atoms with E-state index in [-0.39, 0.29) is 6.10 Å². The highest BCUT2D eigenvalue weighted by Gasteiger charge is 2.76. The van der Waals surface area contributed by atoms with E-state index < -0.39 is 16.6 Å². The molecule has 5 heteroatoms. The Morgan fingerprint density at radius 1 is 1.53 bits per heavy atom. The molecule has 0 amide bonds. The second kappa shape index (κ2) is 3.61. The molecule has 2 aliphatic rings. The van der Waals surface area contributed by atoms with Crippen molar-refractivity contribution in [3.05, 3.63) is 0 Å². The lowest BCUT2D eigenvalue weighted by Gasteiger charge is -2.26. The predicted octanol–water partition coefficient (Wildman–Crippen LogP) is 1.45. The number of halogens is 1. The van der Waals surface area contributed by atoms with Crippen LogP contribution < -0.4 is 0 Å². The summed E-state index contributed by atoms with van der Waals surface area (Å²) in [7, 11) is 1.30. The van der Waals surface area contributed by atoms with Gasteiger partial charge in [0.1, 0.15) is 5.60 Å². The van der Waals surface area contributed by atoms with Crippen molar-refractivity contribution in [3.8, 4) is 0 Å². The molecule has 0 aromatic carbocycles. The molecule has 4 nitrogen and oxygen atoms in total.